The van der Waals surface area contributed by atoms with Crippen molar-refractivity contribution in [1.29, 1.82) is 0 Å². The van der Waals surface area contributed by atoms with Crippen molar-refractivity contribution in [2.75, 3.05) is 13.1 Å². The second kappa shape index (κ2) is 5.35. The Morgan fingerprint density at radius 3 is 2.56 bits per heavy atom. The maximum Gasteiger partial charge on any atom is 0.306 e. The summed E-state index contributed by atoms with van der Waals surface area (Å²) in [5.74, 6) is -1.33. The highest BCUT2D eigenvalue weighted by molar-refractivity contribution is 6.29. The largest absolute Gasteiger partial charge is 0.481 e. The highest BCUT2D eigenvalue weighted by atomic mass is 35.5. The summed E-state index contributed by atoms with van der Waals surface area (Å²) in [5.41, 5.74) is 0.302. The molecule has 0 bridgehead atoms. The summed E-state index contributed by atoms with van der Waals surface area (Å²) in [6.45, 7) is 0.897. The Bertz CT molecular complexity index is 470. The van der Waals surface area contributed by atoms with Crippen LogP contribution in [0.3, 0.4) is 0 Å². The lowest BCUT2D eigenvalue weighted by molar-refractivity contribution is -0.143. The van der Waals surface area contributed by atoms with E-state index in [9.17, 15) is 9.59 Å². The number of hydrogen-bond donors (Lipinski definition) is 1. The number of carbonyl (C=O) groups excluding carboxylic acids is 1. The Labute approximate surface area is 109 Å². The Hall–Kier alpha value is -1.62. The Balaban J connectivity index is 2.02. The molecular formula is C12H13ClN2O3. The first-order valence-electron chi connectivity index (χ1n) is 5.72. The lowest BCUT2D eigenvalue weighted by Gasteiger charge is -2.29. The standard InChI is InChI=1S/C12H13ClN2O3/c13-10-3-1-2-9(14-10)11(16)15-6-4-8(5-7-15)12(17)18/h1-3,8H,4-7H2,(H,17,18). The van der Waals surface area contributed by atoms with E-state index in [0.717, 1.165) is 0 Å². The van der Waals surface area contributed by atoms with E-state index in [0.29, 0.717) is 31.6 Å². The molecule has 0 saturated carbocycles. The van der Waals surface area contributed by atoms with Gasteiger partial charge in [0, 0.05) is 13.1 Å². The van der Waals surface area contributed by atoms with Gasteiger partial charge < -0.3 is 10.0 Å². The first-order chi connectivity index (χ1) is 8.58. The van der Waals surface area contributed by atoms with Crippen molar-refractivity contribution in [1.82, 2.24) is 9.88 Å². The highest BCUT2D eigenvalue weighted by Crippen LogP contribution is 2.19. The number of carboxylic acid groups (broad SMARTS) is 1. The van der Waals surface area contributed by atoms with E-state index in [1.807, 2.05) is 0 Å². The average molecular weight is 269 g/mol. The van der Waals surface area contributed by atoms with E-state index in [2.05, 4.69) is 4.98 Å². The zero-order valence-corrected chi connectivity index (χ0v) is 10.4. The second-order valence-corrected chi connectivity index (χ2v) is 4.64. The molecule has 0 unspecified atom stereocenters. The number of halogens is 1. The van der Waals surface area contributed by atoms with Crippen LogP contribution >= 0.6 is 11.6 Å². The molecule has 0 atom stereocenters. The number of aromatic nitrogens is 1. The SMILES string of the molecule is O=C(O)C1CCN(C(=O)c2cccc(Cl)n2)CC1. The molecule has 0 aromatic carbocycles. The van der Waals surface area contributed by atoms with Crippen LogP contribution in [0.15, 0.2) is 18.2 Å². The zero-order valence-electron chi connectivity index (χ0n) is 9.67. The number of nitrogens with zero attached hydrogens (tertiary/aromatic N) is 2. The molecule has 5 nitrogen and oxygen atoms in total. The molecule has 0 spiro atoms. The topological polar surface area (TPSA) is 70.5 Å². The molecule has 96 valence electrons. The smallest absolute Gasteiger partial charge is 0.306 e. The predicted octanol–water partition coefficient (Wildman–Crippen LogP) is 1.67. The normalized spacial score (nSPS) is 16.6. The number of carboxylic acids is 1. The average Bonchev–Trinajstić information content (AvgIpc) is 2.38. The maximum absolute atomic E-state index is 12.1. The monoisotopic (exact) mass is 268 g/mol. The van der Waals surface area contributed by atoms with Crippen LogP contribution in [0.5, 0.6) is 0 Å². The minimum absolute atomic E-state index is 0.193. The number of amides is 1. The van der Waals surface area contributed by atoms with E-state index >= 15 is 0 Å². The first kappa shape index (κ1) is 12.8. The van der Waals surface area contributed by atoms with Crippen LogP contribution in [0.4, 0.5) is 0 Å². The van der Waals surface area contributed by atoms with Gasteiger partial charge in [-0.2, -0.15) is 0 Å². The molecule has 6 heteroatoms. The van der Waals surface area contributed by atoms with Gasteiger partial charge in [0.15, 0.2) is 0 Å². The number of likely N-dealkylation sites (tertiary alicyclic amines) is 1. The predicted molar refractivity (Wildman–Crippen MR) is 65.5 cm³/mol. The van der Waals surface area contributed by atoms with Crippen molar-refractivity contribution in [3.8, 4) is 0 Å². The molecule has 2 heterocycles. The van der Waals surface area contributed by atoms with Gasteiger partial charge in [0.25, 0.3) is 5.91 Å². The zero-order chi connectivity index (χ0) is 13.1. The summed E-state index contributed by atoms with van der Waals surface area (Å²) in [6.07, 6.45) is 0.975. The lowest BCUT2D eigenvalue weighted by Crippen LogP contribution is -2.40. The van der Waals surface area contributed by atoms with Crippen molar-refractivity contribution in [2.24, 2.45) is 5.92 Å². The van der Waals surface area contributed by atoms with Gasteiger partial charge in [-0.05, 0) is 25.0 Å². The third-order valence-corrected chi connectivity index (χ3v) is 3.28. The highest BCUT2D eigenvalue weighted by Gasteiger charge is 2.27. The number of piperidine rings is 1. The van der Waals surface area contributed by atoms with E-state index < -0.39 is 5.97 Å². The molecular weight excluding hydrogens is 256 g/mol. The molecule has 1 aliphatic heterocycles. The number of aliphatic carboxylic acids is 1. The third kappa shape index (κ3) is 2.79. The number of rotatable bonds is 2. The Morgan fingerprint density at radius 2 is 2.00 bits per heavy atom. The van der Waals surface area contributed by atoms with Crippen molar-refractivity contribution in [2.45, 2.75) is 12.8 Å². The fraction of sp³-hybridized carbons (Fsp3) is 0.417. The summed E-state index contributed by atoms with van der Waals surface area (Å²) < 4.78 is 0. The van der Waals surface area contributed by atoms with Crippen LogP contribution in [-0.4, -0.2) is 40.0 Å². The van der Waals surface area contributed by atoms with Crippen LogP contribution in [0.1, 0.15) is 23.3 Å². The van der Waals surface area contributed by atoms with Gasteiger partial charge in [-0.15, -0.1) is 0 Å². The minimum atomic E-state index is -0.789. The van der Waals surface area contributed by atoms with Crippen LogP contribution in [-0.2, 0) is 4.79 Å². The quantitative estimate of drug-likeness (QED) is 0.829. The molecule has 1 aromatic rings. The molecule has 1 aliphatic rings. The van der Waals surface area contributed by atoms with Gasteiger partial charge >= 0.3 is 5.97 Å². The van der Waals surface area contributed by atoms with E-state index in [1.165, 1.54) is 0 Å². The van der Waals surface area contributed by atoms with Gasteiger partial charge in [0.2, 0.25) is 0 Å². The summed E-state index contributed by atoms with van der Waals surface area (Å²) in [6, 6.07) is 4.89. The minimum Gasteiger partial charge on any atom is -0.481 e. The van der Waals surface area contributed by atoms with Crippen molar-refractivity contribution in [3.63, 3.8) is 0 Å². The maximum atomic E-state index is 12.1. The van der Waals surface area contributed by atoms with Crippen molar-refractivity contribution >= 4 is 23.5 Å². The molecule has 2 rings (SSSR count). The van der Waals surface area contributed by atoms with Crippen LogP contribution < -0.4 is 0 Å². The molecule has 0 radical (unpaired) electrons. The van der Waals surface area contributed by atoms with E-state index in [4.69, 9.17) is 16.7 Å². The lowest BCUT2D eigenvalue weighted by atomic mass is 9.97. The summed E-state index contributed by atoms with van der Waals surface area (Å²) in [4.78, 5) is 28.5. The van der Waals surface area contributed by atoms with E-state index in [-0.39, 0.29) is 17.0 Å². The second-order valence-electron chi connectivity index (χ2n) is 4.25. The Kier molecular flexibility index (Phi) is 3.81. The molecule has 1 aromatic heterocycles. The molecule has 1 N–H and O–H groups in total. The number of carbonyl (C=O) groups is 2. The van der Waals surface area contributed by atoms with Crippen LogP contribution in [0.25, 0.3) is 0 Å². The van der Waals surface area contributed by atoms with Gasteiger partial charge in [0.1, 0.15) is 10.8 Å². The summed E-state index contributed by atoms with van der Waals surface area (Å²) in [7, 11) is 0. The van der Waals surface area contributed by atoms with Crippen LogP contribution in [0.2, 0.25) is 5.15 Å². The van der Waals surface area contributed by atoms with Crippen molar-refractivity contribution in [3.05, 3.63) is 29.0 Å². The van der Waals surface area contributed by atoms with Gasteiger partial charge in [-0.3, -0.25) is 9.59 Å². The van der Waals surface area contributed by atoms with Crippen LogP contribution in [0, 0.1) is 5.92 Å². The van der Waals surface area contributed by atoms with E-state index in [1.54, 1.807) is 23.1 Å². The summed E-state index contributed by atoms with van der Waals surface area (Å²) in [5, 5.41) is 9.16. The number of pyridine rings is 1. The van der Waals surface area contributed by atoms with Gasteiger partial charge in [-0.25, -0.2) is 4.98 Å². The summed E-state index contributed by atoms with van der Waals surface area (Å²) >= 11 is 5.73. The van der Waals surface area contributed by atoms with Gasteiger partial charge in [-0.1, -0.05) is 17.7 Å². The Morgan fingerprint density at radius 1 is 1.33 bits per heavy atom. The molecule has 1 amide bonds. The fourth-order valence-electron chi connectivity index (χ4n) is 2.02. The molecule has 0 aliphatic carbocycles. The third-order valence-electron chi connectivity index (χ3n) is 3.07. The number of hydrogen-bond acceptors (Lipinski definition) is 3. The fourth-order valence-corrected chi connectivity index (χ4v) is 2.18. The molecule has 18 heavy (non-hydrogen) atoms. The van der Waals surface area contributed by atoms with Gasteiger partial charge in [0.05, 0.1) is 5.92 Å². The molecule has 1 fully saturated rings. The molecule has 1 saturated heterocycles. The van der Waals surface area contributed by atoms with Crippen molar-refractivity contribution < 1.29 is 14.7 Å². The first-order valence-corrected chi connectivity index (χ1v) is 6.10.